The first-order valence-corrected chi connectivity index (χ1v) is 9.07. The summed E-state index contributed by atoms with van der Waals surface area (Å²) in [6.07, 6.45) is 4.96. The van der Waals surface area contributed by atoms with E-state index in [0.717, 1.165) is 37.0 Å². The molecule has 1 atom stereocenters. The Morgan fingerprint density at radius 2 is 1.92 bits per heavy atom. The van der Waals surface area contributed by atoms with E-state index in [4.69, 9.17) is 9.97 Å². The van der Waals surface area contributed by atoms with Gasteiger partial charge in [-0.05, 0) is 45.1 Å². The number of nitrogens with zero attached hydrogens (tertiary/aromatic N) is 3. The van der Waals surface area contributed by atoms with Gasteiger partial charge in [0.05, 0.1) is 0 Å². The number of nitrogens with one attached hydrogen (secondary N) is 1. The molecule has 0 spiro atoms. The van der Waals surface area contributed by atoms with E-state index in [0.29, 0.717) is 6.04 Å². The largest absolute Gasteiger partial charge is 0.366 e. The summed E-state index contributed by atoms with van der Waals surface area (Å²) in [6.45, 7) is 8.27. The van der Waals surface area contributed by atoms with E-state index >= 15 is 0 Å². The number of anilines is 2. The van der Waals surface area contributed by atoms with E-state index in [-0.39, 0.29) is 0 Å². The molecule has 1 aliphatic heterocycles. The molecular formula is C20H28N4. The topological polar surface area (TPSA) is 41.1 Å². The minimum atomic E-state index is 0.575. The Morgan fingerprint density at radius 3 is 2.67 bits per heavy atom. The van der Waals surface area contributed by atoms with Crippen molar-refractivity contribution in [1.82, 2.24) is 9.97 Å². The van der Waals surface area contributed by atoms with Crippen molar-refractivity contribution in [3.8, 4) is 0 Å². The van der Waals surface area contributed by atoms with Crippen molar-refractivity contribution >= 4 is 11.8 Å². The number of piperidine rings is 1. The first kappa shape index (κ1) is 16.7. The summed E-state index contributed by atoms with van der Waals surface area (Å²) in [4.78, 5) is 11.9. The van der Waals surface area contributed by atoms with E-state index in [1.807, 2.05) is 13.0 Å². The Labute approximate surface area is 145 Å². The number of aromatic nitrogens is 2. The molecule has 2 aromatic rings. The standard InChI is InChI=1S/C20H28N4/c1-4-18-7-5-6-12-24(18)20-22-16(3)13-19(23-20)21-14-17-10-8-15(2)9-11-17/h8-11,13,18H,4-7,12,14H2,1-3H3,(H,21,22,23). The summed E-state index contributed by atoms with van der Waals surface area (Å²) < 4.78 is 0. The van der Waals surface area contributed by atoms with Crippen molar-refractivity contribution in [2.45, 2.75) is 59.0 Å². The Morgan fingerprint density at radius 1 is 1.12 bits per heavy atom. The molecule has 1 aromatic carbocycles. The summed E-state index contributed by atoms with van der Waals surface area (Å²) in [5, 5.41) is 3.46. The fourth-order valence-corrected chi connectivity index (χ4v) is 3.36. The van der Waals surface area contributed by atoms with Crippen LogP contribution in [0.1, 0.15) is 49.4 Å². The second-order valence-electron chi connectivity index (χ2n) is 6.78. The average Bonchev–Trinajstić information content (AvgIpc) is 2.61. The quantitative estimate of drug-likeness (QED) is 0.881. The van der Waals surface area contributed by atoms with Crippen LogP contribution in [0.5, 0.6) is 0 Å². The molecule has 1 fully saturated rings. The van der Waals surface area contributed by atoms with Gasteiger partial charge in [-0.2, -0.15) is 4.98 Å². The van der Waals surface area contributed by atoms with E-state index in [2.05, 4.69) is 48.3 Å². The summed E-state index contributed by atoms with van der Waals surface area (Å²) in [7, 11) is 0. The molecular weight excluding hydrogens is 296 g/mol. The molecule has 0 aliphatic carbocycles. The molecule has 1 unspecified atom stereocenters. The van der Waals surface area contributed by atoms with E-state index in [1.54, 1.807) is 0 Å². The number of rotatable bonds is 5. The van der Waals surface area contributed by atoms with Crippen molar-refractivity contribution in [1.29, 1.82) is 0 Å². The number of benzene rings is 1. The lowest BCUT2D eigenvalue weighted by molar-refractivity contribution is 0.443. The van der Waals surface area contributed by atoms with Crippen LogP contribution < -0.4 is 10.2 Å². The van der Waals surface area contributed by atoms with Gasteiger partial charge in [0.15, 0.2) is 0 Å². The summed E-state index contributed by atoms with van der Waals surface area (Å²) in [6, 6.07) is 11.2. The van der Waals surface area contributed by atoms with Gasteiger partial charge in [-0.25, -0.2) is 4.98 Å². The highest BCUT2D eigenvalue weighted by atomic mass is 15.3. The summed E-state index contributed by atoms with van der Waals surface area (Å²) >= 11 is 0. The zero-order chi connectivity index (χ0) is 16.9. The smallest absolute Gasteiger partial charge is 0.227 e. The van der Waals surface area contributed by atoms with Crippen LogP contribution in [0.3, 0.4) is 0 Å². The predicted octanol–water partition coefficient (Wildman–Crippen LogP) is 4.47. The summed E-state index contributed by atoms with van der Waals surface area (Å²) in [5.41, 5.74) is 3.57. The van der Waals surface area contributed by atoms with Crippen LogP contribution in [0.15, 0.2) is 30.3 Å². The zero-order valence-corrected chi connectivity index (χ0v) is 15.0. The SMILES string of the molecule is CCC1CCCCN1c1nc(C)cc(NCc2ccc(C)cc2)n1. The fourth-order valence-electron chi connectivity index (χ4n) is 3.36. The minimum absolute atomic E-state index is 0.575. The Bertz CT molecular complexity index is 666. The highest BCUT2D eigenvalue weighted by molar-refractivity contribution is 5.45. The van der Waals surface area contributed by atoms with Crippen LogP contribution in [-0.4, -0.2) is 22.6 Å². The van der Waals surface area contributed by atoms with Gasteiger partial charge >= 0.3 is 0 Å². The second-order valence-corrected chi connectivity index (χ2v) is 6.78. The van der Waals surface area contributed by atoms with Crippen molar-refractivity contribution < 1.29 is 0 Å². The number of hydrogen-bond acceptors (Lipinski definition) is 4. The molecule has 24 heavy (non-hydrogen) atoms. The van der Waals surface area contributed by atoms with Gasteiger partial charge in [-0.15, -0.1) is 0 Å². The van der Waals surface area contributed by atoms with E-state index in [1.165, 1.54) is 30.4 Å². The third kappa shape index (κ3) is 4.05. The molecule has 0 bridgehead atoms. The normalized spacial score (nSPS) is 17.8. The fraction of sp³-hybridized carbons (Fsp3) is 0.500. The van der Waals surface area contributed by atoms with Crippen LogP contribution >= 0.6 is 0 Å². The number of aryl methyl sites for hydroxylation is 2. The van der Waals surface area contributed by atoms with Crippen molar-refractivity contribution in [3.63, 3.8) is 0 Å². The third-order valence-corrected chi connectivity index (χ3v) is 4.79. The highest BCUT2D eigenvalue weighted by Gasteiger charge is 2.23. The zero-order valence-electron chi connectivity index (χ0n) is 15.0. The van der Waals surface area contributed by atoms with Gasteiger partial charge in [0.2, 0.25) is 5.95 Å². The maximum Gasteiger partial charge on any atom is 0.227 e. The molecule has 1 saturated heterocycles. The first-order chi connectivity index (χ1) is 11.7. The third-order valence-electron chi connectivity index (χ3n) is 4.79. The first-order valence-electron chi connectivity index (χ1n) is 9.07. The molecule has 0 saturated carbocycles. The lowest BCUT2D eigenvalue weighted by Crippen LogP contribution is -2.40. The predicted molar refractivity (Wildman–Crippen MR) is 101 cm³/mol. The van der Waals surface area contributed by atoms with Crippen LogP contribution in [0, 0.1) is 13.8 Å². The van der Waals surface area contributed by atoms with Gasteiger partial charge in [0.25, 0.3) is 0 Å². The molecule has 0 amide bonds. The van der Waals surface area contributed by atoms with Crippen molar-refractivity contribution in [2.75, 3.05) is 16.8 Å². The van der Waals surface area contributed by atoms with Crippen LogP contribution in [0.4, 0.5) is 11.8 Å². The van der Waals surface area contributed by atoms with Gasteiger partial charge < -0.3 is 10.2 Å². The monoisotopic (exact) mass is 324 g/mol. The van der Waals surface area contributed by atoms with Crippen LogP contribution in [-0.2, 0) is 6.54 Å². The molecule has 0 radical (unpaired) electrons. The van der Waals surface area contributed by atoms with Crippen LogP contribution in [0.2, 0.25) is 0 Å². The lowest BCUT2D eigenvalue weighted by atomic mass is 10.0. The maximum absolute atomic E-state index is 4.79. The Hall–Kier alpha value is -2.10. The van der Waals surface area contributed by atoms with Gasteiger partial charge in [0, 0.05) is 30.9 Å². The molecule has 1 aromatic heterocycles. The van der Waals surface area contributed by atoms with E-state index < -0.39 is 0 Å². The van der Waals surface area contributed by atoms with Crippen molar-refractivity contribution in [3.05, 3.63) is 47.2 Å². The van der Waals surface area contributed by atoms with Crippen LogP contribution in [0.25, 0.3) is 0 Å². The highest BCUT2D eigenvalue weighted by Crippen LogP contribution is 2.25. The minimum Gasteiger partial charge on any atom is -0.366 e. The lowest BCUT2D eigenvalue weighted by Gasteiger charge is -2.35. The summed E-state index contributed by atoms with van der Waals surface area (Å²) in [5.74, 6) is 1.80. The molecule has 4 nitrogen and oxygen atoms in total. The molecule has 4 heteroatoms. The van der Waals surface area contributed by atoms with Gasteiger partial charge in [-0.1, -0.05) is 36.8 Å². The molecule has 1 aliphatic rings. The maximum atomic E-state index is 4.79. The van der Waals surface area contributed by atoms with Gasteiger partial charge in [0.1, 0.15) is 5.82 Å². The van der Waals surface area contributed by atoms with Crippen molar-refractivity contribution in [2.24, 2.45) is 0 Å². The molecule has 2 heterocycles. The molecule has 3 rings (SSSR count). The van der Waals surface area contributed by atoms with Gasteiger partial charge in [-0.3, -0.25) is 0 Å². The Kier molecular flexibility index (Phi) is 5.34. The second kappa shape index (κ2) is 7.65. The Balaban J connectivity index is 1.74. The van der Waals surface area contributed by atoms with E-state index in [9.17, 15) is 0 Å². The molecule has 1 N–H and O–H groups in total. The number of hydrogen-bond donors (Lipinski definition) is 1. The molecule has 128 valence electrons. The average molecular weight is 324 g/mol.